The number of hydrogen-bond acceptors (Lipinski definition) is 2. The second kappa shape index (κ2) is 6.45. The minimum atomic E-state index is -0.488. The molecule has 1 rings (SSSR count). The van der Waals surface area contributed by atoms with Crippen LogP contribution >= 0.6 is 11.6 Å². The summed E-state index contributed by atoms with van der Waals surface area (Å²) in [7, 11) is 1.36. The van der Waals surface area contributed by atoms with Crippen molar-refractivity contribution in [2.75, 3.05) is 19.5 Å². The van der Waals surface area contributed by atoms with Gasteiger partial charge in [-0.3, -0.25) is 4.79 Å². The third-order valence-electron chi connectivity index (χ3n) is 2.29. The van der Waals surface area contributed by atoms with Gasteiger partial charge in [0.2, 0.25) is 0 Å². The maximum absolute atomic E-state index is 13.1. The van der Waals surface area contributed by atoms with Gasteiger partial charge in [0.25, 0.3) is 5.91 Å². The molecule has 1 unspecified atom stereocenters. The van der Waals surface area contributed by atoms with Crippen LogP contribution in [0.5, 0.6) is 5.75 Å². The first-order chi connectivity index (χ1) is 8.08. The van der Waals surface area contributed by atoms with Gasteiger partial charge in [0.15, 0.2) is 11.6 Å². The molecule has 1 amide bonds. The molecule has 1 atom stereocenters. The topological polar surface area (TPSA) is 38.3 Å². The van der Waals surface area contributed by atoms with E-state index in [4.69, 9.17) is 16.3 Å². The van der Waals surface area contributed by atoms with Gasteiger partial charge in [-0.15, -0.1) is 11.6 Å². The highest BCUT2D eigenvalue weighted by molar-refractivity contribution is 6.18. The van der Waals surface area contributed by atoms with Gasteiger partial charge in [0, 0.05) is 18.0 Å². The molecule has 0 aliphatic rings. The minimum Gasteiger partial charge on any atom is -0.494 e. The van der Waals surface area contributed by atoms with Crippen molar-refractivity contribution >= 4 is 17.5 Å². The molecule has 1 aromatic carbocycles. The Morgan fingerprint density at radius 1 is 1.59 bits per heavy atom. The summed E-state index contributed by atoms with van der Waals surface area (Å²) in [6.07, 6.45) is 0. The first-order valence-corrected chi connectivity index (χ1v) is 5.79. The number of methoxy groups -OCH3 is 1. The Hall–Kier alpha value is -1.29. The predicted octanol–water partition coefficient (Wildman–Crippen LogP) is 2.44. The van der Waals surface area contributed by atoms with Crippen LogP contribution < -0.4 is 10.1 Å². The first kappa shape index (κ1) is 13.8. The molecule has 0 bridgehead atoms. The molecular formula is C12H15ClFNO2. The molecule has 17 heavy (non-hydrogen) atoms. The third-order valence-corrected chi connectivity index (χ3v) is 2.81. The van der Waals surface area contributed by atoms with Crippen molar-refractivity contribution in [3.05, 3.63) is 29.6 Å². The average Bonchev–Trinajstić information content (AvgIpc) is 2.35. The van der Waals surface area contributed by atoms with Gasteiger partial charge in [0.05, 0.1) is 7.11 Å². The average molecular weight is 260 g/mol. The maximum Gasteiger partial charge on any atom is 0.251 e. The number of amides is 1. The second-order valence-corrected chi connectivity index (χ2v) is 4.13. The Kier molecular flexibility index (Phi) is 5.22. The Morgan fingerprint density at radius 3 is 2.88 bits per heavy atom. The smallest absolute Gasteiger partial charge is 0.251 e. The van der Waals surface area contributed by atoms with E-state index < -0.39 is 5.82 Å². The highest BCUT2D eigenvalue weighted by atomic mass is 35.5. The summed E-state index contributed by atoms with van der Waals surface area (Å²) >= 11 is 5.63. The molecule has 0 aromatic heterocycles. The van der Waals surface area contributed by atoms with Crippen molar-refractivity contribution in [2.45, 2.75) is 6.92 Å². The number of carbonyl (C=O) groups is 1. The van der Waals surface area contributed by atoms with Crippen LogP contribution in [0.3, 0.4) is 0 Å². The lowest BCUT2D eigenvalue weighted by molar-refractivity contribution is 0.0949. The molecule has 1 aromatic rings. The van der Waals surface area contributed by atoms with Crippen LogP contribution in [0.1, 0.15) is 17.3 Å². The molecule has 0 fully saturated rings. The van der Waals surface area contributed by atoms with E-state index in [0.717, 1.165) is 0 Å². The van der Waals surface area contributed by atoms with E-state index in [1.165, 1.54) is 25.3 Å². The Labute approximate surface area is 105 Å². The molecule has 0 spiro atoms. The number of alkyl halides is 1. The minimum absolute atomic E-state index is 0.0584. The summed E-state index contributed by atoms with van der Waals surface area (Å²) < 4.78 is 17.9. The third kappa shape index (κ3) is 3.89. The molecule has 5 heteroatoms. The molecule has 0 saturated heterocycles. The van der Waals surface area contributed by atoms with Crippen molar-refractivity contribution < 1.29 is 13.9 Å². The zero-order chi connectivity index (χ0) is 12.8. The summed E-state index contributed by atoms with van der Waals surface area (Å²) in [6.45, 7) is 2.42. The number of ether oxygens (including phenoxy) is 1. The van der Waals surface area contributed by atoms with E-state index in [2.05, 4.69) is 5.32 Å². The summed E-state index contributed by atoms with van der Waals surface area (Å²) in [5.74, 6) is -0.0167. The number of hydrogen-bond donors (Lipinski definition) is 1. The molecule has 0 saturated carbocycles. The SMILES string of the molecule is COc1cc(C(=O)NCC(C)CCl)ccc1F. The van der Waals surface area contributed by atoms with Crippen LogP contribution in [0.15, 0.2) is 18.2 Å². The molecule has 0 aliphatic carbocycles. The monoisotopic (exact) mass is 259 g/mol. The van der Waals surface area contributed by atoms with Crippen molar-refractivity contribution in [1.29, 1.82) is 0 Å². The molecule has 3 nitrogen and oxygen atoms in total. The fourth-order valence-electron chi connectivity index (χ4n) is 1.22. The predicted molar refractivity (Wildman–Crippen MR) is 65.2 cm³/mol. The van der Waals surface area contributed by atoms with Gasteiger partial charge in [-0.05, 0) is 24.1 Å². The number of nitrogens with one attached hydrogen (secondary N) is 1. The van der Waals surface area contributed by atoms with Crippen LogP contribution in [0.4, 0.5) is 4.39 Å². The molecule has 0 aliphatic heterocycles. The van der Waals surface area contributed by atoms with Gasteiger partial charge in [0.1, 0.15) is 0 Å². The van der Waals surface area contributed by atoms with E-state index in [0.29, 0.717) is 18.0 Å². The Morgan fingerprint density at radius 2 is 2.29 bits per heavy atom. The highest BCUT2D eigenvalue weighted by Crippen LogP contribution is 2.18. The van der Waals surface area contributed by atoms with E-state index in [9.17, 15) is 9.18 Å². The van der Waals surface area contributed by atoms with Gasteiger partial charge < -0.3 is 10.1 Å². The van der Waals surface area contributed by atoms with Crippen LogP contribution in [0.2, 0.25) is 0 Å². The zero-order valence-electron chi connectivity index (χ0n) is 9.80. The molecule has 0 heterocycles. The summed E-state index contributed by atoms with van der Waals surface area (Å²) in [4.78, 5) is 11.7. The van der Waals surface area contributed by atoms with Crippen molar-refractivity contribution in [2.24, 2.45) is 5.92 Å². The van der Waals surface area contributed by atoms with E-state index in [1.54, 1.807) is 0 Å². The lowest BCUT2D eigenvalue weighted by Gasteiger charge is -2.10. The second-order valence-electron chi connectivity index (χ2n) is 3.82. The lowest BCUT2D eigenvalue weighted by Crippen LogP contribution is -2.28. The van der Waals surface area contributed by atoms with Crippen LogP contribution in [0.25, 0.3) is 0 Å². The quantitative estimate of drug-likeness (QED) is 0.825. The van der Waals surface area contributed by atoms with Crippen molar-refractivity contribution in [3.8, 4) is 5.75 Å². The molecule has 0 radical (unpaired) electrons. The Bertz CT molecular complexity index is 398. The summed E-state index contributed by atoms with van der Waals surface area (Å²) in [5, 5.41) is 2.72. The lowest BCUT2D eigenvalue weighted by atomic mass is 10.1. The fourth-order valence-corrected chi connectivity index (χ4v) is 1.33. The summed E-state index contributed by atoms with van der Waals surface area (Å²) in [6, 6.07) is 3.99. The van der Waals surface area contributed by atoms with Gasteiger partial charge in [-0.2, -0.15) is 0 Å². The molecular weight excluding hydrogens is 245 g/mol. The highest BCUT2D eigenvalue weighted by Gasteiger charge is 2.10. The van der Waals surface area contributed by atoms with Crippen LogP contribution in [-0.2, 0) is 0 Å². The fraction of sp³-hybridized carbons (Fsp3) is 0.417. The summed E-state index contributed by atoms with van der Waals surface area (Å²) in [5.41, 5.74) is 0.366. The number of benzene rings is 1. The normalized spacial score (nSPS) is 12.0. The van der Waals surface area contributed by atoms with Crippen LogP contribution in [0, 0.1) is 11.7 Å². The van der Waals surface area contributed by atoms with Crippen molar-refractivity contribution in [1.82, 2.24) is 5.32 Å². The van der Waals surface area contributed by atoms with Crippen LogP contribution in [-0.4, -0.2) is 25.4 Å². The number of rotatable bonds is 5. The zero-order valence-corrected chi connectivity index (χ0v) is 10.6. The largest absolute Gasteiger partial charge is 0.494 e. The maximum atomic E-state index is 13.1. The number of halogens is 2. The van der Waals surface area contributed by atoms with E-state index >= 15 is 0 Å². The van der Waals surface area contributed by atoms with Gasteiger partial charge >= 0.3 is 0 Å². The van der Waals surface area contributed by atoms with E-state index in [1.807, 2.05) is 6.92 Å². The first-order valence-electron chi connectivity index (χ1n) is 5.26. The number of carbonyl (C=O) groups excluding carboxylic acids is 1. The standard InChI is InChI=1S/C12H15ClFNO2/c1-8(6-13)7-15-12(16)9-3-4-10(14)11(5-9)17-2/h3-5,8H,6-7H2,1-2H3,(H,15,16). The van der Waals surface area contributed by atoms with Gasteiger partial charge in [-0.25, -0.2) is 4.39 Å². The van der Waals surface area contributed by atoms with Crippen molar-refractivity contribution in [3.63, 3.8) is 0 Å². The molecule has 94 valence electrons. The molecule has 1 N–H and O–H groups in total. The van der Waals surface area contributed by atoms with Gasteiger partial charge in [-0.1, -0.05) is 6.92 Å². The Balaban J connectivity index is 2.69. The van der Waals surface area contributed by atoms with E-state index in [-0.39, 0.29) is 17.6 Å².